The van der Waals surface area contributed by atoms with Crippen molar-refractivity contribution in [3.05, 3.63) is 0 Å². The van der Waals surface area contributed by atoms with E-state index in [9.17, 15) is 4.79 Å². The molecular formula is C9H19NO2. The van der Waals surface area contributed by atoms with E-state index in [1.54, 1.807) is 0 Å². The van der Waals surface area contributed by atoms with Crippen LogP contribution in [0.25, 0.3) is 0 Å². The summed E-state index contributed by atoms with van der Waals surface area (Å²) in [6, 6.07) is 0. The highest BCUT2D eigenvalue weighted by molar-refractivity contribution is 5.75. The molecule has 72 valence electrons. The predicted octanol–water partition coefficient (Wildman–Crippen LogP) is 1.52. The molecule has 0 heterocycles. The van der Waals surface area contributed by atoms with Crippen molar-refractivity contribution in [3.63, 3.8) is 0 Å². The molecule has 0 aromatic rings. The number of hydrogen-bond acceptors (Lipinski definition) is 2. The van der Waals surface area contributed by atoms with Gasteiger partial charge in [-0.25, -0.2) is 0 Å². The molecule has 0 aliphatic rings. The first kappa shape index (κ1) is 13.7. The fourth-order valence-corrected chi connectivity index (χ4v) is 0.580. The van der Waals surface area contributed by atoms with E-state index in [2.05, 4.69) is 5.32 Å². The summed E-state index contributed by atoms with van der Waals surface area (Å²) in [6.07, 6.45) is 3.38. The lowest BCUT2D eigenvalue weighted by Crippen LogP contribution is -2.23. The SMILES string of the molecule is CC=O.CCCNC(=O)CCC. The van der Waals surface area contributed by atoms with E-state index >= 15 is 0 Å². The first-order chi connectivity index (χ1) is 5.72. The van der Waals surface area contributed by atoms with Crippen LogP contribution in [0.2, 0.25) is 0 Å². The molecule has 0 radical (unpaired) electrons. The van der Waals surface area contributed by atoms with Crippen LogP contribution < -0.4 is 5.32 Å². The summed E-state index contributed by atoms with van der Waals surface area (Å²) < 4.78 is 0. The molecule has 3 nitrogen and oxygen atoms in total. The molecule has 0 unspecified atom stereocenters. The Kier molecular flexibility index (Phi) is 14.6. The molecule has 0 rings (SSSR count). The molecule has 0 aliphatic heterocycles. The van der Waals surface area contributed by atoms with Crippen LogP contribution in [0.3, 0.4) is 0 Å². The third-order valence-corrected chi connectivity index (χ3v) is 1.05. The maximum atomic E-state index is 10.7. The summed E-state index contributed by atoms with van der Waals surface area (Å²) in [6.45, 7) is 6.32. The third kappa shape index (κ3) is 16.1. The van der Waals surface area contributed by atoms with Crippen molar-refractivity contribution in [1.82, 2.24) is 5.32 Å². The van der Waals surface area contributed by atoms with E-state index in [-0.39, 0.29) is 5.91 Å². The largest absolute Gasteiger partial charge is 0.356 e. The molecule has 0 atom stereocenters. The van der Waals surface area contributed by atoms with Crippen LogP contribution in [0.5, 0.6) is 0 Å². The predicted molar refractivity (Wildman–Crippen MR) is 49.9 cm³/mol. The molecule has 0 saturated heterocycles. The Balaban J connectivity index is 0. The standard InChI is InChI=1S/C7H15NO.C2H4O/c1-3-5-7(9)8-6-4-2;1-2-3/h3-6H2,1-2H3,(H,8,9);2H,1H3. The van der Waals surface area contributed by atoms with Crippen molar-refractivity contribution >= 4 is 12.2 Å². The van der Waals surface area contributed by atoms with Gasteiger partial charge in [-0.1, -0.05) is 13.8 Å². The maximum absolute atomic E-state index is 10.7. The summed E-state index contributed by atoms with van der Waals surface area (Å²) >= 11 is 0. The molecular weight excluding hydrogens is 154 g/mol. The first-order valence-electron chi connectivity index (χ1n) is 4.39. The van der Waals surface area contributed by atoms with Gasteiger partial charge in [0.1, 0.15) is 6.29 Å². The minimum Gasteiger partial charge on any atom is -0.356 e. The van der Waals surface area contributed by atoms with E-state index in [4.69, 9.17) is 4.79 Å². The fourth-order valence-electron chi connectivity index (χ4n) is 0.580. The van der Waals surface area contributed by atoms with Gasteiger partial charge in [0.25, 0.3) is 0 Å². The number of amides is 1. The Labute approximate surface area is 74.5 Å². The van der Waals surface area contributed by atoms with Gasteiger partial charge in [0, 0.05) is 13.0 Å². The van der Waals surface area contributed by atoms with Crippen LogP contribution >= 0.6 is 0 Å². The highest BCUT2D eigenvalue weighted by Gasteiger charge is 1.94. The zero-order valence-corrected chi connectivity index (χ0v) is 8.22. The third-order valence-electron chi connectivity index (χ3n) is 1.05. The minimum atomic E-state index is 0.180. The molecule has 0 fully saturated rings. The molecule has 1 amide bonds. The average molecular weight is 173 g/mol. The second kappa shape index (κ2) is 12.8. The highest BCUT2D eigenvalue weighted by Crippen LogP contribution is 1.84. The molecule has 0 bridgehead atoms. The van der Waals surface area contributed by atoms with Crippen molar-refractivity contribution in [2.75, 3.05) is 6.54 Å². The van der Waals surface area contributed by atoms with Gasteiger partial charge in [0.05, 0.1) is 0 Å². The molecule has 0 aromatic heterocycles. The van der Waals surface area contributed by atoms with E-state index in [1.165, 1.54) is 6.92 Å². The molecule has 3 heteroatoms. The monoisotopic (exact) mass is 173 g/mol. The van der Waals surface area contributed by atoms with Crippen molar-refractivity contribution in [3.8, 4) is 0 Å². The smallest absolute Gasteiger partial charge is 0.219 e. The average Bonchev–Trinajstić information content (AvgIpc) is 2.03. The van der Waals surface area contributed by atoms with Crippen LogP contribution in [0.4, 0.5) is 0 Å². The van der Waals surface area contributed by atoms with Gasteiger partial charge in [0.2, 0.25) is 5.91 Å². The number of rotatable bonds is 4. The van der Waals surface area contributed by atoms with Crippen LogP contribution in [0, 0.1) is 0 Å². The molecule has 1 N–H and O–H groups in total. The Morgan fingerprint density at radius 2 is 1.83 bits per heavy atom. The summed E-state index contributed by atoms with van der Waals surface area (Å²) in [5, 5.41) is 2.79. The number of aldehydes is 1. The van der Waals surface area contributed by atoms with Crippen LogP contribution in [-0.4, -0.2) is 18.7 Å². The Morgan fingerprint density at radius 1 is 1.33 bits per heavy atom. The molecule has 0 spiro atoms. The zero-order valence-electron chi connectivity index (χ0n) is 8.22. The maximum Gasteiger partial charge on any atom is 0.219 e. The topological polar surface area (TPSA) is 46.2 Å². The molecule has 0 saturated carbocycles. The Hall–Kier alpha value is -0.860. The quantitative estimate of drug-likeness (QED) is 0.655. The minimum absolute atomic E-state index is 0.180. The molecule has 0 aliphatic carbocycles. The van der Waals surface area contributed by atoms with Crippen LogP contribution in [0.1, 0.15) is 40.0 Å². The van der Waals surface area contributed by atoms with Crippen molar-refractivity contribution in [1.29, 1.82) is 0 Å². The second-order valence-electron chi connectivity index (χ2n) is 2.34. The zero-order chi connectivity index (χ0) is 9.82. The molecule has 0 aromatic carbocycles. The summed E-state index contributed by atoms with van der Waals surface area (Å²) in [5.74, 6) is 0.180. The van der Waals surface area contributed by atoms with Crippen LogP contribution in [0.15, 0.2) is 0 Å². The Bertz CT molecular complexity index is 113. The normalized spacial score (nSPS) is 7.92. The van der Waals surface area contributed by atoms with E-state index < -0.39 is 0 Å². The number of nitrogens with one attached hydrogen (secondary N) is 1. The lowest BCUT2D eigenvalue weighted by atomic mass is 10.3. The number of carbonyl (C=O) groups is 2. The van der Waals surface area contributed by atoms with Crippen molar-refractivity contribution < 1.29 is 9.59 Å². The fraction of sp³-hybridized carbons (Fsp3) is 0.778. The Morgan fingerprint density at radius 3 is 2.17 bits per heavy atom. The highest BCUT2D eigenvalue weighted by atomic mass is 16.1. The van der Waals surface area contributed by atoms with Gasteiger partial charge in [-0.15, -0.1) is 0 Å². The van der Waals surface area contributed by atoms with Gasteiger partial charge in [-0.2, -0.15) is 0 Å². The van der Waals surface area contributed by atoms with E-state index in [0.29, 0.717) is 6.42 Å². The lowest BCUT2D eigenvalue weighted by Gasteiger charge is -1.99. The number of carbonyl (C=O) groups excluding carboxylic acids is 2. The summed E-state index contributed by atoms with van der Waals surface area (Å²) in [4.78, 5) is 19.5. The second-order valence-corrected chi connectivity index (χ2v) is 2.34. The van der Waals surface area contributed by atoms with Crippen molar-refractivity contribution in [2.45, 2.75) is 40.0 Å². The van der Waals surface area contributed by atoms with E-state index in [0.717, 1.165) is 25.7 Å². The van der Waals surface area contributed by atoms with Gasteiger partial charge < -0.3 is 10.1 Å². The van der Waals surface area contributed by atoms with Gasteiger partial charge >= 0.3 is 0 Å². The van der Waals surface area contributed by atoms with Gasteiger partial charge in [-0.05, 0) is 19.8 Å². The molecule has 12 heavy (non-hydrogen) atoms. The van der Waals surface area contributed by atoms with Crippen molar-refractivity contribution in [2.24, 2.45) is 0 Å². The van der Waals surface area contributed by atoms with Gasteiger partial charge in [0.15, 0.2) is 0 Å². The van der Waals surface area contributed by atoms with Gasteiger partial charge in [-0.3, -0.25) is 4.79 Å². The van der Waals surface area contributed by atoms with Crippen LogP contribution in [-0.2, 0) is 9.59 Å². The lowest BCUT2D eigenvalue weighted by molar-refractivity contribution is -0.121. The first-order valence-corrected chi connectivity index (χ1v) is 4.39. The summed E-state index contributed by atoms with van der Waals surface area (Å²) in [5.41, 5.74) is 0. The summed E-state index contributed by atoms with van der Waals surface area (Å²) in [7, 11) is 0. The number of hydrogen-bond donors (Lipinski definition) is 1. The van der Waals surface area contributed by atoms with E-state index in [1.807, 2.05) is 13.8 Å².